The Labute approximate surface area is 205 Å². The summed E-state index contributed by atoms with van der Waals surface area (Å²) in [5.41, 5.74) is 1.52. The van der Waals surface area contributed by atoms with Crippen LogP contribution in [0.3, 0.4) is 0 Å². The first-order chi connectivity index (χ1) is 16.9. The van der Waals surface area contributed by atoms with Gasteiger partial charge in [-0.3, -0.25) is 5.10 Å². The van der Waals surface area contributed by atoms with Gasteiger partial charge in [-0.2, -0.15) is 15.1 Å². The minimum atomic E-state index is -0.438. The number of hydrogen-bond acceptors (Lipinski definition) is 7. The maximum Gasteiger partial charge on any atom is 0.226 e. The molecule has 4 saturated carbocycles. The van der Waals surface area contributed by atoms with Gasteiger partial charge in [0, 0.05) is 36.6 Å². The lowest BCUT2D eigenvalue weighted by Crippen LogP contribution is -2.59. The Hall–Kier alpha value is -2.65. The molecule has 3 aromatic rings. The van der Waals surface area contributed by atoms with Gasteiger partial charge in [0.05, 0.1) is 11.0 Å². The number of aliphatic hydroxyl groups is 1. The molecule has 5 aliphatic rings. The van der Waals surface area contributed by atoms with Crippen molar-refractivity contribution in [3.05, 3.63) is 24.0 Å². The standard InChI is InChI=1S/C26H36N8O/c1-15-8-21(32-31-15)27-23-20-5-7-34(14-19-4-3-6-33(19)2)24(20)30-25(29-23)28-22-17-9-16-10-18(22)13-26(35,11-16)12-17/h5,7-8,16-19,22,35H,3-4,6,9-14H2,1-2H3,(H3,27,28,29,30,31,32)/t16?,17?,18?,19-,22?,26?/m0/s1. The molecule has 4 bridgehead atoms. The molecule has 3 atom stereocenters. The zero-order valence-electron chi connectivity index (χ0n) is 20.7. The molecule has 9 nitrogen and oxygen atoms in total. The molecule has 0 spiro atoms. The van der Waals surface area contributed by atoms with Crippen molar-refractivity contribution in [3.8, 4) is 0 Å². The molecule has 3 aromatic heterocycles. The van der Waals surface area contributed by atoms with Crippen LogP contribution in [0.2, 0.25) is 0 Å². The third kappa shape index (κ3) is 3.80. The Kier molecular flexibility index (Phi) is 4.90. The number of hydrogen-bond donors (Lipinski definition) is 4. The number of anilines is 3. The van der Waals surface area contributed by atoms with Crippen LogP contribution in [0.15, 0.2) is 18.3 Å². The largest absolute Gasteiger partial charge is 0.390 e. The Bertz CT molecular complexity index is 1230. The highest BCUT2D eigenvalue weighted by atomic mass is 16.3. The van der Waals surface area contributed by atoms with Crippen LogP contribution in [0, 0.1) is 24.7 Å². The van der Waals surface area contributed by atoms with E-state index in [-0.39, 0.29) is 0 Å². The van der Waals surface area contributed by atoms with Gasteiger partial charge in [-0.25, -0.2) is 0 Å². The van der Waals surface area contributed by atoms with E-state index >= 15 is 0 Å². The molecule has 1 aliphatic heterocycles. The average Bonchev–Trinajstić information content (AvgIpc) is 3.51. The Morgan fingerprint density at radius 1 is 1.20 bits per heavy atom. The lowest BCUT2D eigenvalue weighted by atomic mass is 9.52. The summed E-state index contributed by atoms with van der Waals surface area (Å²) in [4.78, 5) is 12.5. The van der Waals surface area contributed by atoms with Crippen LogP contribution in [0.1, 0.15) is 50.6 Å². The summed E-state index contributed by atoms with van der Waals surface area (Å²) in [5, 5.41) is 26.6. The van der Waals surface area contributed by atoms with Crippen LogP contribution in [0.5, 0.6) is 0 Å². The summed E-state index contributed by atoms with van der Waals surface area (Å²) in [6, 6.07) is 4.97. The molecule has 0 amide bonds. The lowest BCUT2D eigenvalue weighted by Gasteiger charge is -2.58. The van der Waals surface area contributed by atoms with Crippen molar-refractivity contribution in [2.45, 2.75) is 76.1 Å². The molecule has 2 unspecified atom stereocenters. The summed E-state index contributed by atoms with van der Waals surface area (Å²) in [7, 11) is 2.22. The first-order valence-corrected chi connectivity index (χ1v) is 13.3. The minimum Gasteiger partial charge on any atom is -0.390 e. The second kappa shape index (κ2) is 7.93. The zero-order chi connectivity index (χ0) is 23.7. The van der Waals surface area contributed by atoms with Crippen LogP contribution in [-0.4, -0.2) is 66.0 Å². The molecule has 4 N–H and O–H groups in total. The van der Waals surface area contributed by atoms with E-state index in [4.69, 9.17) is 9.97 Å². The molecule has 4 heterocycles. The second-order valence-corrected chi connectivity index (χ2v) is 11.8. The smallest absolute Gasteiger partial charge is 0.226 e. The SMILES string of the molecule is Cc1cc(Nc2nc(NC3C4CC5CC3CC(O)(C5)C4)nc3c2ccn3C[C@@H]2CCCN2C)n[nH]1. The minimum absolute atomic E-state index is 0.328. The van der Waals surface area contributed by atoms with E-state index in [1.165, 1.54) is 25.7 Å². The lowest BCUT2D eigenvalue weighted by molar-refractivity contribution is -0.129. The Balaban J connectivity index is 1.23. The van der Waals surface area contributed by atoms with Gasteiger partial charge < -0.3 is 25.2 Å². The summed E-state index contributed by atoms with van der Waals surface area (Å²) in [6.45, 7) is 4.09. The first-order valence-electron chi connectivity index (χ1n) is 13.3. The molecule has 186 valence electrons. The summed E-state index contributed by atoms with van der Waals surface area (Å²) in [6.07, 6.45) is 9.85. The summed E-state index contributed by atoms with van der Waals surface area (Å²) in [5.74, 6) is 3.89. The van der Waals surface area contributed by atoms with Crippen molar-refractivity contribution in [2.24, 2.45) is 17.8 Å². The van der Waals surface area contributed by atoms with E-state index in [2.05, 4.69) is 49.6 Å². The molecule has 0 radical (unpaired) electrons. The molecule has 1 saturated heterocycles. The Morgan fingerprint density at radius 3 is 2.71 bits per heavy atom. The fourth-order valence-corrected chi connectivity index (χ4v) is 7.78. The average molecular weight is 477 g/mol. The Morgan fingerprint density at radius 2 is 2.03 bits per heavy atom. The number of nitrogens with one attached hydrogen (secondary N) is 3. The van der Waals surface area contributed by atoms with Crippen molar-refractivity contribution < 1.29 is 5.11 Å². The maximum absolute atomic E-state index is 11.0. The quantitative estimate of drug-likeness (QED) is 0.430. The van der Waals surface area contributed by atoms with Crippen LogP contribution in [0.25, 0.3) is 11.0 Å². The van der Waals surface area contributed by atoms with Gasteiger partial charge in [0.2, 0.25) is 5.95 Å². The number of H-pyrrole nitrogens is 1. The maximum atomic E-state index is 11.0. The number of nitrogens with zero attached hydrogens (tertiary/aromatic N) is 5. The van der Waals surface area contributed by atoms with Gasteiger partial charge in [0.15, 0.2) is 5.82 Å². The normalized spacial score (nSPS) is 34.2. The first kappa shape index (κ1) is 21.6. The molecule has 35 heavy (non-hydrogen) atoms. The fourth-order valence-electron chi connectivity index (χ4n) is 7.78. The number of aromatic nitrogens is 5. The molecule has 4 aliphatic carbocycles. The van der Waals surface area contributed by atoms with Crippen LogP contribution >= 0.6 is 0 Å². The molecule has 0 aromatic carbocycles. The fraction of sp³-hybridized carbons (Fsp3) is 0.654. The van der Waals surface area contributed by atoms with Crippen molar-refractivity contribution in [2.75, 3.05) is 24.2 Å². The van der Waals surface area contributed by atoms with Crippen molar-refractivity contribution in [1.29, 1.82) is 0 Å². The van der Waals surface area contributed by atoms with Gasteiger partial charge in [-0.1, -0.05) is 0 Å². The number of aryl methyl sites for hydroxylation is 1. The van der Waals surface area contributed by atoms with Crippen LogP contribution in [0.4, 0.5) is 17.6 Å². The van der Waals surface area contributed by atoms with Gasteiger partial charge >= 0.3 is 0 Å². The van der Waals surface area contributed by atoms with Crippen molar-refractivity contribution >= 4 is 28.6 Å². The molecular weight excluding hydrogens is 440 g/mol. The van der Waals surface area contributed by atoms with E-state index in [1.54, 1.807) is 0 Å². The topological polar surface area (TPSA) is 107 Å². The number of rotatable bonds is 6. The van der Waals surface area contributed by atoms with E-state index in [9.17, 15) is 5.11 Å². The molecule has 8 rings (SSSR count). The van der Waals surface area contributed by atoms with Crippen LogP contribution in [-0.2, 0) is 6.54 Å². The number of likely N-dealkylation sites (tertiary alicyclic amines) is 1. The highest BCUT2D eigenvalue weighted by Gasteiger charge is 2.54. The van der Waals surface area contributed by atoms with Crippen LogP contribution < -0.4 is 10.6 Å². The highest BCUT2D eigenvalue weighted by molar-refractivity contribution is 5.90. The van der Waals surface area contributed by atoms with Gasteiger partial charge in [-0.15, -0.1) is 0 Å². The third-order valence-electron chi connectivity index (χ3n) is 9.19. The van der Waals surface area contributed by atoms with Gasteiger partial charge in [0.1, 0.15) is 11.5 Å². The summed E-state index contributed by atoms with van der Waals surface area (Å²) >= 11 is 0. The number of fused-ring (bicyclic) bond motifs is 1. The van der Waals surface area contributed by atoms with E-state index in [1.807, 2.05) is 13.0 Å². The molecular formula is C26H36N8O. The van der Waals surface area contributed by atoms with E-state index in [0.717, 1.165) is 60.7 Å². The van der Waals surface area contributed by atoms with Crippen molar-refractivity contribution in [3.63, 3.8) is 0 Å². The second-order valence-electron chi connectivity index (χ2n) is 11.8. The van der Waals surface area contributed by atoms with E-state index < -0.39 is 5.60 Å². The third-order valence-corrected chi connectivity index (χ3v) is 9.19. The highest BCUT2D eigenvalue weighted by Crippen LogP contribution is 2.56. The number of aromatic amines is 1. The van der Waals surface area contributed by atoms with Gasteiger partial charge in [0.25, 0.3) is 0 Å². The van der Waals surface area contributed by atoms with Crippen molar-refractivity contribution in [1.82, 2.24) is 29.6 Å². The summed E-state index contributed by atoms with van der Waals surface area (Å²) < 4.78 is 2.29. The predicted molar refractivity (Wildman–Crippen MR) is 136 cm³/mol. The van der Waals surface area contributed by atoms with Gasteiger partial charge in [-0.05, 0) is 89.3 Å². The molecule has 5 fully saturated rings. The molecule has 9 heteroatoms. The number of likely N-dealkylation sites (N-methyl/N-ethyl adjacent to an activating group) is 1. The van der Waals surface area contributed by atoms with E-state index in [0.29, 0.717) is 35.8 Å². The predicted octanol–water partition coefficient (Wildman–Crippen LogP) is 3.65. The zero-order valence-corrected chi connectivity index (χ0v) is 20.7. The monoisotopic (exact) mass is 476 g/mol.